The molecule has 1 atom stereocenters. The average molecular weight is 165 g/mol. The number of ether oxygens (including phenoxy) is 1. The summed E-state index contributed by atoms with van der Waals surface area (Å²) in [5, 5.41) is 12.6. The molecule has 0 aromatic heterocycles. The first-order valence-corrected chi connectivity index (χ1v) is 3.98. The molecule has 2 rings (SSSR count). The summed E-state index contributed by atoms with van der Waals surface area (Å²) < 4.78 is 5.39. The van der Waals surface area contributed by atoms with E-state index in [2.05, 4.69) is 5.32 Å². The number of anilines is 1. The third kappa shape index (κ3) is 1.07. The fourth-order valence-corrected chi connectivity index (χ4v) is 1.29. The van der Waals surface area contributed by atoms with Gasteiger partial charge in [0.2, 0.25) is 0 Å². The summed E-state index contributed by atoms with van der Waals surface area (Å²) in [5.74, 6) is 0.979. The van der Waals surface area contributed by atoms with Crippen molar-refractivity contribution in [2.75, 3.05) is 11.9 Å². The van der Waals surface area contributed by atoms with E-state index < -0.39 is 0 Å². The van der Waals surface area contributed by atoms with Crippen molar-refractivity contribution in [3.05, 3.63) is 18.2 Å². The average Bonchev–Trinajstić information content (AvgIpc) is 2.07. The van der Waals surface area contributed by atoms with Crippen molar-refractivity contribution in [3.8, 4) is 11.5 Å². The lowest BCUT2D eigenvalue weighted by Gasteiger charge is -2.25. The Balaban J connectivity index is 2.43. The van der Waals surface area contributed by atoms with Gasteiger partial charge in [0, 0.05) is 0 Å². The lowest BCUT2D eigenvalue weighted by Crippen LogP contribution is -2.28. The van der Waals surface area contributed by atoms with Crippen LogP contribution in [-0.4, -0.2) is 17.8 Å². The summed E-state index contributed by atoms with van der Waals surface area (Å²) >= 11 is 0. The lowest BCUT2D eigenvalue weighted by atomic mass is 10.2. The first kappa shape index (κ1) is 7.28. The van der Waals surface area contributed by atoms with E-state index in [9.17, 15) is 5.11 Å². The molecule has 0 radical (unpaired) electrons. The molecular weight excluding hydrogens is 154 g/mol. The summed E-state index contributed by atoms with van der Waals surface area (Å²) in [6, 6.07) is 5.51. The van der Waals surface area contributed by atoms with Gasteiger partial charge in [-0.05, 0) is 19.1 Å². The highest BCUT2D eigenvalue weighted by Crippen LogP contribution is 2.36. The molecule has 1 unspecified atom stereocenters. The Morgan fingerprint density at radius 2 is 2.42 bits per heavy atom. The van der Waals surface area contributed by atoms with E-state index in [0.29, 0.717) is 12.3 Å². The van der Waals surface area contributed by atoms with Gasteiger partial charge < -0.3 is 15.2 Å². The van der Waals surface area contributed by atoms with Crippen LogP contribution in [0, 0.1) is 0 Å². The minimum Gasteiger partial charge on any atom is -0.506 e. The van der Waals surface area contributed by atoms with Gasteiger partial charge in [0.05, 0.1) is 6.04 Å². The number of para-hydroxylation sites is 1. The Kier molecular flexibility index (Phi) is 1.57. The molecule has 1 aromatic rings. The predicted octanol–water partition coefficient (Wildman–Crippen LogP) is 1.58. The Labute approximate surface area is 71.0 Å². The molecule has 1 aliphatic rings. The van der Waals surface area contributed by atoms with Gasteiger partial charge in [-0.1, -0.05) is 6.07 Å². The van der Waals surface area contributed by atoms with Gasteiger partial charge in [-0.15, -0.1) is 0 Å². The van der Waals surface area contributed by atoms with Crippen LogP contribution in [0.5, 0.6) is 11.5 Å². The first-order chi connectivity index (χ1) is 5.77. The molecule has 0 fully saturated rings. The molecule has 12 heavy (non-hydrogen) atoms. The zero-order valence-electron chi connectivity index (χ0n) is 6.87. The molecular formula is C9H11NO2. The van der Waals surface area contributed by atoms with Gasteiger partial charge in [-0.2, -0.15) is 0 Å². The second kappa shape index (κ2) is 2.59. The maximum absolute atomic E-state index is 9.43. The van der Waals surface area contributed by atoms with Crippen LogP contribution in [0.3, 0.4) is 0 Å². The molecule has 0 saturated carbocycles. The Morgan fingerprint density at radius 1 is 1.58 bits per heavy atom. The van der Waals surface area contributed by atoms with Crippen LogP contribution in [0.4, 0.5) is 5.69 Å². The zero-order chi connectivity index (χ0) is 8.55. The van der Waals surface area contributed by atoms with Crippen molar-refractivity contribution in [2.24, 2.45) is 0 Å². The first-order valence-electron chi connectivity index (χ1n) is 3.98. The van der Waals surface area contributed by atoms with E-state index in [1.165, 1.54) is 0 Å². The van der Waals surface area contributed by atoms with E-state index in [1.807, 2.05) is 13.0 Å². The van der Waals surface area contributed by atoms with Crippen LogP contribution in [-0.2, 0) is 0 Å². The van der Waals surface area contributed by atoms with Gasteiger partial charge in [0.15, 0.2) is 0 Å². The molecule has 3 heteroatoms. The topological polar surface area (TPSA) is 41.5 Å². The van der Waals surface area contributed by atoms with Crippen molar-refractivity contribution in [1.82, 2.24) is 0 Å². The smallest absolute Gasteiger partial charge is 0.146 e. The Hall–Kier alpha value is -1.38. The van der Waals surface area contributed by atoms with Crippen molar-refractivity contribution in [2.45, 2.75) is 13.0 Å². The van der Waals surface area contributed by atoms with E-state index in [4.69, 9.17) is 4.74 Å². The van der Waals surface area contributed by atoms with E-state index in [-0.39, 0.29) is 11.8 Å². The Morgan fingerprint density at radius 3 is 3.25 bits per heavy atom. The number of aromatic hydroxyl groups is 1. The van der Waals surface area contributed by atoms with Gasteiger partial charge >= 0.3 is 0 Å². The molecule has 3 nitrogen and oxygen atoms in total. The molecule has 0 bridgehead atoms. The standard InChI is InChI=1S/C9H11NO2/c1-6-5-12-8-4-2-3-7(11)9(8)10-6/h2-4,6,10-11H,5H2,1H3. The van der Waals surface area contributed by atoms with Gasteiger partial charge in [-0.25, -0.2) is 0 Å². The summed E-state index contributed by atoms with van der Waals surface area (Å²) in [5.41, 5.74) is 0.705. The number of benzene rings is 1. The van der Waals surface area contributed by atoms with Crippen molar-refractivity contribution in [3.63, 3.8) is 0 Å². The highest BCUT2D eigenvalue weighted by atomic mass is 16.5. The fraction of sp³-hybridized carbons (Fsp3) is 0.333. The number of nitrogens with one attached hydrogen (secondary N) is 1. The highest BCUT2D eigenvalue weighted by Gasteiger charge is 2.17. The fourth-order valence-electron chi connectivity index (χ4n) is 1.29. The molecule has 1 aromatic carbocycles. The Bertz CT molecular complexity index is 299. The molecule has 1 aliphatic heterocycles. The third-order valence-electron chi connectivity index (χ3n) is 1.88. The molecule has 0 aliphatic carbocycles. The minimum atomic E-state index is 0.249. The quantitative estimate of drug-likeness (QED) is 0.573. The molecule has 1 heterocycles. The van der Waals surface area contributed by atoms with Crippen molar-refractivity contribution in [1.29, 1.82) is 0 Å². The van der Waals surface area contributed by atoms with E-state index >= 15 is 0 Å². The van der Waals surface area contributed by atoms with Crippen LogP contribution < -0.4 is 10.1 Å². The van der Waals surface area contributed by atoms with Gasteiger partial charge in [-0.3, -0.25) is 0 Å². The van der Waals surface area contributed by atoms with Crippen LogP contribution in [0.25, 0.3) is 0 Å². The minimum absolute atomic E-state index is 0.249. The zero-order valence-corrected chi connectivity index (χ0v) is 6.87. The van der Waals surface area contributed by atoms with Crippen molar-refractivity contribution >= 4 is 5.69 Å². The predicted molar refractivity (Wildman–Crippen MR) is 46.7 cm³/mol. The monoisotopic (exact) mass is 165 g/mol. The largest absolute Gasteiger partial charge is 0.506 e. The molecule has 0 amide bonds. The molecule has 0 spiro atoms. The van der Waals surface area contributed by atoms with Gasteiger partial charge in [0.25, 0.3) is 0 Å². The van der Waals surface area contributed by atoms with E-state index in [1.54, 1.807) is 12.1 Å². The highest BCUT2D eigenvalue weighted by molar-refractivity contribution is 5.66. The molecule has 0 saturated heterocycles. The molecule has 2 N–H and O–H groups in total. The van der Waals surface area contributed by atoms with E-state index in [0.717, 1.165) is 5.75 Å². The van der Waals surface area contributed by atoms with Crippen LogP contribution >= 0.6 is 0 Å². The third-order valence-corrected chi connectivity index (χ3v) is 1.88. The van der Waals surface area contributed by atoms with Crippen LogP contribution in [0.15, 0.2) is 18.2 Å². The summed E-state index contributed by atoms with van der Waals surface area (Å²) in [4.78, 5) is 0. The lowest BCUT2D eigenvalue weighted by molar-refractivity contribution is 0.289. The SMILES string of the molecule is CC1COc2cccc(O)c2N1. The summed E-state index contributed by atoms with van der Waals surface area (Å²) in [6.45, 7) is 2.66. The normalized spacial score (nSPS) is 20.6. The van der Waals surface area contributed by atoms with Crippen molar-refractivity contribution < 1.29 is 9.84 Å². The summed E-state index contributed by atoms with van der Waals surface area (Å²) in [7, 11) is 0. The number of fused-ring (bicyclic) bond motifs is 1. The van der Waals surface area contributed by atoms with Gasteiger partial charge in [0.1, 0.15) is 23.8 Å². The number of hydrogen-bond acceptors (Lipinski definition) is 3. The number of phenols is 1. The molecule has 64 valence electrons. The van der Waals surface area contributed by atoms with Crippen LogP contribution in [0.2, 0.25) is 0 Å². The van der Waals surface area contributed by atoms with Crippen LogP contribution in [0.1, 0.15) is 6.92 Å². The number of hydrogen-bond donors (Lipinski definition) is 2. The second-order valence-corrected chi connectivity index (χ2v) is 3.01. The second-order valence-electron chi connectivity index (χ2n) is 3.01. The number of phenolic OH excluding ortho intramolecular Hbond substituents is 1. The maximum atomic E-state index is 9.43. The maximum Gasteiger partial charge on any atom is 0.146 e. The number of rotatable bonds is 0. The summed E-state index contributed by atoms with van der Waals surface area (Å²) in [6.07, 6.45) is 0.